The highest BCUT2D eigenvalue weighted by Gasteiger charge is 2.26. The van der Waals surface area contributed by atoms with Crippen LogP contribution in [-0.2, 0) is 28.2 Å². The summed E-state index contributed by atoms with van der Waals surface area (Å²) in [7, 11) is 0. The number of thioether (sulfide) groups is 1. The Balaban J connectivity index is 1.83. The Morgan fingerprint density at radius 1 is 1.21 bits per heavy atom. The summed E-state index contributed by atoms with van der Waals surface area (Å²) in [6.07, 6.45) is 2.49. The molecule has 1 aliphatic rings. The number of pyridine rings is 1. The predicted molar refractivity (Wildman–Crippen MR) is 133 cm³/mol. The lowest BCUT2D eigenvalue weighted by molar-refractivity contribution is -0.119. The standard InChI is InChI=1S/C26H30N5O2S/c1-4-22-23(14-27)25(31-12-10-21(11-13-31)33-5-2)30-26(24(22)15-28)34-17-20-8-6-19(7-9-20)16-29-18(3)32/h6-9,21H,2,4-5,10-13,16-17H2,1,3H3,(H,29,32). The molecule has 1 fully saturated rings. The minimum atomic E-state index is -0.0581. The average molecular weight is 477 g/mol. The van der Waals surface area contributed by atoms with E-state index in [-0.39, 0.29) is 12.0 Å². The quantitative estimate of drug-likeness (QED) is 0.543. The Labute approximate surface area is 206 Å². The third kappa shape index (κ3) is 6.28. The summed E-state index contributed by atoms with van der Waals surface area (Å²) in [5.74, 6) is 1.26. The minimum absolute atomic E-state index is 0.0581. The van der Waals surface area contributed by atoms with Gasteiger partial charge in [-0.25, -0.2) is 4.98 Å². The molecule has 2 aromatic rings. The molecular formula is C26H30N5O2S. The number of piperidine rings is 1. The van der Waals surface area contributed by atoms with E-state index in [1.165, 1.54) is 18.7 Å². The van der Waals surface area contributed by atoms with Crippen LogP contribution in [0.2, 0.25) is 0 Å². The summed E-state index contributed by atoms with van der Waals surface area (Å²) in [4.78, 5) is 18.1. The average Bonchev–Trinajstić information content (AvgIpc) is 2.86. The molecule has 1 radical (unpaired) electrons. The van der Waals surface area contributed by atoms with Gasteiger partial charge in [-0.15, -0.1) is 11.8 Å². The van der Waals surface area contributed by atoms with Gasteiger partial charge in [0.25, 0.3) is 0 Å². The fourth-order valence-corrected chi connectivity index (χ4v) is 5.01. The first-order chi connectivity index (χ1) is 16.5. The molecule has 1 aromatic heterocycles. The summed E-state index contributed by atoms with van der Waals surface area (Å²) >= 11 is 1.51. The number of benzene rings is 1. The first-order valence-electron chi connectivity index (χ1n) is 11.5. The molecule has 34 heavy (non-hydrogen) atoms. The summed E-state index contributed by atoms with van der Waals surface area (Å²) in [5, 5.41) is 23.3. The molecule has 1 amide bonds. The second kappa shape index (κ2) is 12.4. The number of ether oxygens (including phenoxy) is 1. The second-order valence-corrected chi connectivity index (χ2v) is 9.08. The van der Waals surface area contributed by atoms with Crippen LogP contribution >= 0.6 is 11.8 Å². The van der Waals surface area contributed by atoms with Crippen molar-refractivity contribution in [1.82, 2.24) is 10.3 Å². The van der Waals surface area contributed by atoms with Crippen molar-refractivity contribution < 1.29 is 9.53 Å². The molecule has 1 aliphatic heterocycles. The highest BCUT2D eigenvalue weighted by molar-refractivity contribution is 7.98. The van der Waals surface area contributed by atoms with Crippen LogP contribution in [0.15, 0.2) is 29.3 Å². The molecule has 1 N–H and O–H groups in total. The van der Waals surface area contributed by atoms with Gasteiger partial charge in [0.1, 0.15) is 23.0 Å². The van der Waals surface area contributed by atoms with Crippen molar-refractivity contribution >= 4 is 23.5 Å². The minimum Gasteiger partial charge on any atom is -0.378 e. The molecule has 2 heterocycles. The fraction of sp³-hybridized carbons (Fsp3) is 0.423. The van der Waals surface area contributed by atoms with Gasteiger partial charge in [-0.3, -0.25) is 4.79 Å². The van der Waals surface area contributed by atoms with Crippen molar-refractivity contribution in [2.24, 2.45) is 0 Å². The largest absolute Gasteiger partial charge is 0.378 e. The first-order valence-corrected chi connectivity index (χ1v) is 12.5. The molecule has 0 unspecified atom stereocenters. The van der Waals surface area contributed by atoms with E-state index in [2.05, 4.69) is 29.3 Å². The first kappa shape index (κ1) is 25.6. The summed E-state index contributed by atoms with van der Waals surface area (Å²) in [5.41, 5.74) is 3.88. The zero-order valence-corrected chi connectivity index (χ0v) is 20.6. The molecule has 177 valence electrons. The van der Waals surface area contributed by atoms with E-state index in [9.17, 15) is 15.3 Å². The third-order valence-electron chi connectivity index (χ3n) is 5.86. The number of anilines is 1. The SMILES string of the molecule is [CH2]COC1CCN(c2nc(SCc3ccc(CNC(C)=O)cc3)c(C#N)c(CC)c2C#N)CC1. The van der Waals surface area contributed by atoms with Crippen LogP contribution in [0, 0.1) is 29.6 Å². The molecule has 0 aliphatic carbocycles. The molecule has 0 saturated carbocycles. The fourth-order valence-electron chi connectivity index (χ4n) is 4.05. The molecule has 8 heteroatoms. The number of nitrogens with zero attached hydrogens (tertiary/aromatic N) is 4. The molecule has 1 aromatic carbocycles. The van der Waals surface area contributed by atoms with Crippen molar-refractivity contribution in [2.45, 2.75) is 56.5 Å². The van der Waals surface area contributed by atoms with Gasteiger partial charge >= 0.3 is 0 Å². The Hall–Kier alpha value is -3.07. The van der Waals surface area contributed by atoms with E-state index in [0.717, 1.165) is 42.6 Å². The van der Waals surface area contributed by atoms with Crippen LogP contribution in [0.3, 0.4) is 0 Å². The summed E-state index contributed by atoms with van der Waals surface area (Å²) in [6.45, 7) is 9.69. The van der Waals surface area contributed by atoms with E-state index >= 15 is 0 Å². The zero-order chi connectivity index (χ0) is 24.5. The number of hydrogen-bond donors (Lipinski definition) is 1. The van der Waals surface area contributed by atoms with Crippen molar-refractivity contribution in [3.05, 3.63) is 59.0 Å². The van der Waals surface area contributed by atoms with Gasteiger partial charge in [-0.1, -0.05) is 31.2 Å². The maximum Gasteiger partial charge on any atom is 0.217 e. The van der Waals surface area contributed by atoms with E-state index in [4.69, 9.17) is 9.72 Å². The van der Waals surface area contributed by atoms with Gasteiger partial charge in [0.2, 0.25) is 5.91 Å². The van der Waals surface area contributed by atoms with Crippen LogP contribution in [0.1, 0.15) is 54.5 Å². The number of aromatic nitrogens is 1. The number of rotatable bonds is 9. The molecule has 3 rings (SSSR count). The van der Waals surface area contributed by atoms with Crippen LogP contribution < -0.4 is 10.2 Å². The van der Waals surface area contributed by atoms with E-state index in [1.54, 1.807) is 0 Å². The van der Waals surface area contributed by atoms with Crippen LogP contribution in [0.25, 0.3) is 0 Å². The van der Waals surface area contributed by atoms with Gasteiger partial charge in [0, 0.05) is 38.9 Å². The Morgan fingerprint density at radius 3 is 2.41 bits per heavy atom. The topological polar surface area (TPSA) is 102 Å². The lowest BCUT2D eigenvalue weighted by Crippen LogP contribution is -2.38. The lowest BCUT2D eigenvalue weighted by Gasteiger charge is -2.33. The number of carbonyl (C=O) groups excluding carboxylic acids is 1. The smallest absolute Gasteiger partial charge is 0.217 e. The van der Waals surface area contributed by atoms with Gasteiger partial charge in [-0.2, -0.15) is 10.5 Å². The zero-order valence-electron chi connectivity index (χ0n) is 19.8. The predicted octanol–water partition coefficient (Wildman–Crippen LogP) is 4.14. The van der Waals surface area contributed by atoms with Gasteiger partial charge in [0.05, 0.1) is 17.2 Å². The molecule has 7 nitrogen and oxygen atoms in total. The van der Waals surface area contributed by atoms with E-state index in [0.29, 0.717) is 47.3 Å². The highest BCUT2D eigenvalue weighted by atomic mass is 32.2. The molecule has 0 atom stereocenters. The van der Waals surface area contributed by atoms with E-state index < -0.39 is 0 Å². The Morgan fingerprint density at radius 2 is 1.85 bits per heavy atom. The normalized spacial score (nSPS) is 13.9. The maximum absolute atomic E-state index is 11.1. The second-order valence-electron chi connectivity index (χ2n) is 8.12. The van der Waals surface area contributed by atoms with Crippen molar-refractivity contribution in [3.63, 3.8) is 0 Å². The van der Waals surface area contributed by atoms with Gasteiger partial charge in [0.15, 0.2) is 0 Å². The third-order valence-corrected chi connectivity index (χ3v) is 6.91. The van der Waals surface area contributed by atoms with Crippen molar-refractivity contribution in [1.29, 1.82) is 10.5 Å². The van der Waals surface area contributed by atoms with Crippen LogP contribution in [0.5, 0.6) is 0 Å². The number of nitrogens with one attached hydrogen (secondary N) is 1. The summed E-state index contributed by atoms with van der Waals surface area (Å²) < 4.78 is 5.66. The Kier molecular flexibility index (Phi) is 9.33. The highest BCUT2D eigenvalue weighted by Crippen LogP contribution is 2.34. The Bertz CT molecular complexity index is 1080. The summed E-state index contributed by atoms with van der Waals surface area (Å²) in [6, 6.07) is 12.6. The molecule has 1 saturated heterocycles. The van der Waals surface area contributed by atoms with Crippen molar-refractivity contribution in [2.75, 3.05) is 24.6 Å². The van der Waals surface area contributed by atoms with Gasteiger partial charge in [-0.05, 0) is 42.9 Å². The number of amides is 1. The molecule has 0 bridgehead atoms. The molecular weight excluding hydrogens is 446 g/mol. The monoisotopic (exact) mass is 476 g/mol. The number of nitriles is 2. The maximum atomic E-state index is 11.1. The van der Waals surface area contributed by atoms with Crippen LogP contribution in [0.4, 0.5) is 5.82 Å². The van der Waals surface area contributed by atoms with E-state index in [1.807, 2.05) is 31.2 Å². The number of hydrogen-bond acceptors (Lipinski definition) is 7. The van der Waals surface area contributed by atoms with Crippen molar-refractivity contribution in [3.8, 4) is 12.1 Å². The molecule has 0 spiro atoms. The van der Waals surface area contributed by atoms with Gasteiger partial charge < -0.3 is 15.0 Å². The van der Waals surface area contributed by atoms with Crippen LogP contribution in [-0.4, -0.2) is 36.7 Å². The lowest BCUT2D eigenvalue weighted by atomic mass is 10.0. The number of carbonyl (C=O) groups is 1.